The van der Waals surface area contributed by atoms with Crippen molar-refractivity contribution in [1.29, 1.82) is 0 Å². The lowest BCUT2D eigenvalue weighted by Gasteiger charge is -2.45. The van der Waals surface area contributed by atoms with Gasteiger partial charge in [0.1, 0.15) is 11.3 Å². The summed E-state index contributed by atoms with van der Waals surface area (Å²) in [5, 5.41) is 1.30. The Morgan fingerprint density at radius 1 is 0.960 bits per heavy atom. The predicted octanol–water partition coefficient (Wildman–Crippen LogP) is 6.48. The van der Waals surface area contributed by atoms with Crippen LogP contribution in [-0.2, 0) is 5.54 Å². The van der Waals surface area contributed by atoms with E-state index in [0.717, 1.165) is 5.58 Å². The van der Waals surface area contributed by atoms with Crippen LogP contribution in [0, 0.1) is 6.92 Å². The minimum Gasteiger partial charge on any atom is -0.458 e. The van der Waals surface area contributed by atoms with Gasteiger partial charge >= 0.3 is 0 Å². The minimum absolute atomic E-state index is 0.0259. The van der Waals surface area contributed by atoms with Crippen LogP contribution < -0.4 is 4.90 Å². The van der Waals surface area contributed by atoms with Crippen molar-refractivity contribution in [2.24, 2.45) is 0 Å². The van der Waals surface area contributed by atoms with Crippen molar-refractivity contribution in [1.82, 2.24) is 0 Å². The van der Waals surface area contributed by atoms with Gasteiger partial charge in [-0.15, -0.1) is 0 Å². The fraction of sp³-hybridized carbons (Fsp3) is 0.391. The first kappa shape index (κ1) is 15.1. The van der Waals surface area contributed by atoms with Gasteiger partial charge in [-0.2, -0.15) is 0 Å². The number of hydrogen-bond acceptors (Lipinski definition) is 2. The summed E-state index contributed by atoms with van der Waals surface area (Å²) in [6, 6.07) is 17.7. The number of furan rings is 1. The molecule has 1 unspecified atom stereocenters. The van der Waals surface area contributed by atoms with Crippen LogP contribution in [0.25, 0.3) is 11.0 Å². The second-order valence-corrected chi connectivity index (χ2v) is 7.77. The molecule has 1 atom stereocenters. The Balaban J connectivity index is 1.78. The molecular formula is C23H25NO. The lowest BCUT2D eigenvalue weighted by atomic mass is 9.79. The van der Waals surface area contributed by atoms with Crippen LogP contribution >= 0.6 is 0 Å². The first-order valence-corrected chi connectivity index (χ1v) is 9.59. The van der Waals surface area contributed by atoms with Crippen LogP contribution in [0.1, 0.15) is 62.0 Å². The van der Waals surface area contributed by atoms with E-state index < -0.39 is 0 Å². The summed E-state index contributed by atoms with van der Waals surface area (Å²) in [6.45, 7) is 4.59. The average molecular weight is 331 g/mol. The molecular weight excluding hydrogens is 306 g/mol. The monoisotopic (exact) mass is 331 g/mol. The molecule has 1 saturated carbocycles. The van der Waals surface area contributed by atoms with Crippen molar-refractivity contribution >= 4 is 16.7 Å². The normalized spacial score (nSPS) is 21.8. The van der Waals surface area contributed by atoms with Gasteiger partial charge < -0.3 is 9.32 Å². The van der Waals surface area contributed by atoms with Gasteiger partial charge in [0, 0.05) is 16.6 Å². The van der Waals surface area contributed by atoms with Crippen molar-refractivity contribution in [2.75, 3.05) is 4.90 Å². The lowest BCUT2D eigenvalue weighted by molar-refractivity contribution is 0.248. The summed E-state index contributed by atoms with van der Waals surface area (Å²) in [5.74, 6) is 1.24. The maximum atomic E-state index is 6.52. The lowest BCUT2D eigenvalue weighted by Crippen LogP contribution is -2.44. The SMILES string of the molecule is Cc1ccccc1N1C(C)c2c(oc3ccccc23)C12CCCCC2. The van der Waals surface area contributed by atoms with Crippen LogP contribution in [0.4, 0.5) is 5.69 Å². The molecule has 0 saturated heterocycles. The number of rotatable bonds is 1. The number of aryl methyl sites for hydroxylation is 1. The summed E-state index contributed by atoms with van der Waals surface area (Å²) in [5.41, 5.74) is 5.22. The van der Waals surface area contributed by atoms with Gasteiger partial charge in [0.25, 0.3) is 0 Å². The molecule has 0 bridgehead atoms. The average Bonchev–Trinajstić information content (AvgIpc) is 3.13. The Kier molecular flexibility index (Phi) is 3.25. The van der Waals surface area contributed by atoms with E-state index in [0.29, 0.717) is 6.04 Å². The van der Waals surface area contributed by atoms with Crippen LogP contribution in [-0.4, -0.2) is 0 Å². The van der Waals surface area contributed by atoms with Crippen LogP contribution in [0.15, 0.2) is 52.9 Å². The molecule has 1 aliphatic carbocycles. The quantitative estimate of drug-likeness (QED) is 0.507. The molecule has 25 heavy (non-hydrogen) atoms. The summed E-state index contributed by atoms with van der Waals surface area (Å²) in [4.78, 5) is 2.68. The maximum Gasteiger partial charge on any atom is 0.136 e. The fourth-order valence-electron chi connectivity index (χ4n) is 5.31. The van der Waals surface area contributed by atoms with E-state index in [-0.39, 0.29) is 5.54 Å². The molecule has 3 aromatic rings. The van der Waals surface area contributed by atoms with E-state index in [9.17, 15) is 0 Å². The van der Waals surface area contributed by atoms with Crippen LogP contribution in [0.2, 0.25) is 0 Å². The molecule has 128 valence electrons. The van der Waals surface area contributed by atoms with E-state index in [2.05, 4.69) is 67.3 Å². The van der Waals surface area contributed by atoms with Crippen molar-refractivity contribution < 1.29 is 4.42 Å². The first-order chi connectivity index (χ1) is 12.2. The standard InChI is InChI=1S/C23H25NO/c1-16-10-4-6-12-19(16)24-17(2)21-18-11-5-7-13-20(18)25-22(21)23(24)14-8-3-9-15-23/h4-7,10-13,17H,3,8-9,14-15H2,1-2H3. The smallest absolute Gasteiger partial charge is 0.136 e. The summed E-state index contributed by atoms with van der Waals surface area (Å²) < 4.78 is 6.52. The zero-order chi connectivity index (χ0) is 17.0. The Morgan fingerprint density at radius 2 is 1.68 bits per heavy atom. The summed E-state index contributed by atoms with van der Waals surface area (Å²) in [6.07, 6.45) is 6.29. The number of nitrogens with zero attached hydrogens (tertiary/aromatic N) is 1. The Hall–Kier alpha value is -2.22. The summed E-state index contributed by atoms with van der Waals surface area (Å²) >= 11 is 0. The molecule has 0 amide bonds. The molecule has 1 spiro atoms. The van der Waals surface area contributed by atoms with Gasteiger partial charge in [0.2, 0.25) is 0 Å². The van der Waals surface area contributed by atoms with Gasteiger partial charge in [0.05, 0.1) is 11.6 Å². The third-order valence-corrected chi connectivity index (χ3v) is 6.38. The summed E-state index contributed by atoms with van der Waals surface area (Å²) in [7, 11) is 0. The number of benzene rings is 2. The highest BCUT2D eigenvalue weighted by molar-refractivity contribution is 5.86. The van der Waals surface area contributed by atoms with E-state index in [1.165, 1.54) is 60.1 Å². The molecule has 2 aromatic carbocycles. The highest BCUT2D eigenvalue weighted by Crippen LogP contribution is 2.58. The van der Waals surface area contributed by atoms with Gasteiger partial charge in [0.15, 0.2) is 0 Å². The second kappa shape index (κ2) is 5.39. The van der Waals surface area contributed by atoms with Gasteiger partial charge in [-0.05, 0) is 44.4 Å². The van der Waals surface area contributed by atoms with E-state index in [1.807, 2.05) is 0 Å². The maximum absolute atomic E-state index is 6.52. The third kappa shape index (κ3) is 1.97. The zero-order valence-electron chi connectivity index (χ0n) is 15.1. The zero-order valence-corrected chi connectivity index (χ0v) is 15.1. The van der Waals surface area contributed by atoms with Crippen LogP contribution in [0.3, 0.4) is 0 Å². The second-order valence-electron chi connectivity index (χ2n) is 7.77. The number of para-hydroxylation sites is 2. The van der Waals surface area contributed by atoms with E-state index in [1.54, 1.807) is 0 Å². The van der Waals surface area contributed by atoms with Gasteiger partial charge in [-0.25, -0.2) is 0 Å². The molecule has 2 heterocycles. The Labute approximate surface area is 149 Å². The molecule has 2 aliphatic rings. The number of hydrogen-bond donors (Lipinski definition) is 0. The Morgan fingerprint density at radius 3 is 2.48 bits per heavy atom. The van der Waals surface area contributed by atoms with Gasteiger partial charge in [-0.1, -0.05) is 55.7 Å². The minimum atomic E-state index is 0.0259. The molecule has 2 heteroatoms. The van der Waals surface area contributed by atoms with Crippen molar-refractivity contribution in [3.05, 3.63) is 65.4 Å². The van der Waals surface area contributed by atoms with Crippen molar-refractivity contribution in [2.45, 2.75) is 57.5 Å². The first-order valence-electron chi connectivity index (χ1n) is 9.59. The van der Waals surface area contributed by atoms with Crippen molar-refractivity contribution in [3.8, 4) is 0 Å². The van der Waals surface area contributed by atoms with Crippen molar-refractivity contribution in [3.63, 3.8) is 0 Å². The number of anilines is 1. The third-order valence-electron chi connectivity index (χ3n) is 6.38. The van der Waals surface area contributed by atoms with E-state index >= 15 is 0 Å². The molecule has 2 nitrogen and oxygen atoms in total. The fourth-order valence-corrected chi connectivity index (χ4v) is 5.31. The highest BCUT2D eigenvalue weighted by Gasteiger charge is 2.53. The largest absolute Gasteiger partial charge is 0.458 e. The van der Waals surface area contributed by atoms with E-state index in [4.69, 9.17) is 4.42 Å². The molecule has 1 aliphatic heterocycles. The molecule has 1 fully saturated rings. The molecule has 0 N–H and O–H groups in total. The predicted molar refractivity (Wildman–Crippen MR) is 103 cm³/mol. The van der Waals surface area contributed by atoms with Gasteiger partial charge in [-0.3, -0.25) is 0 Å². The highest BCUT2D eigenvalue weighted by atomic mass is 16.3. The van der Waals surface area contributed by atoms with Crippen LogP contribution in [0.5, 0.6) is 0 Å². The Bertz CT molecular complexity index is 932. The number of fused-ring (bicyclic) bond motifs is 4. The topological polar surface area (TPSA) is 16.4 Å². The molecule has 1 aromatic heterocycles. The molecule has 0 radical (unpaired) electrons. The molecule has 5 rings (SSSR count).